The highest BCUT2D eigenvalue weighted by atomic mass is 16.2. The molecule has 6 heteroatoms. The molecule has 2 aromatic heterocycles. The van der Waals surface area contributed by atoms with Gasteiger partial charge in [0.25, 0.3) is 5.91 Å². The summed E-state index contributed by atoms with van der Waals surface area (Å²) < 4.78 is 1.79. The molecule has 21 heavy (non-hydrogen) atoms. The van der Waals surface area contributed by atoms with Crippen LogP contribution in [-0.4, -0.2) is 43.4 Å². The molecule has 0 unspecified atom stereocenters. The van der Waals surface area contributed by atoms with E-state index in [0.29, 0.717) is 12.1 Å². The van der Waals surface area contributed by atoms with Gasteiger partial charge in [0.15, 0.2) is 0 Å². The molecule has 0 aliphatic carbocycles. The largest absolute Gasteiger partial charge is 0.334 e. The minimum Gasteiger partial charge on any atom is -0.334 e. The van der Waals surface area contributed by atoms with E-state index in [1.54, 1.807) is 17.1 Å². The Morgan fingerprint density at radius 3 is 3.10 bits per heavy atom. The lowest BCUT2D eigenvalue weighted by Crippen LogP contribution is -2.38. The van der Waals surface area contributed by atoms with E-state index in [1.807, 2.05) is 23.4 Å². The van der Waals surface area contributed by atoms with Crippen molar-refractivity contribution in [1.29, 1.82) is 0 Å². The van der Waals surface area contributed by atoms with E-state index in [-0.39, 0.29) is 11.9 Å². The summed E-state index contributed by atoms with van der Waals surface area (Å²) in [6.45, 7) is 3.57. The summed E-state index contributed by atoms with van der Waals surface area (Å²) in [5, 5.41) is 7.80. The van der Waals surface area contributed by atoms with Crippen LogP contribution in [0.2, 0.25) is 0 Å². The van der Waals surface area contributed by atoms with E-state index >= 15 is 0 Å². The number of pyridine rings is 1. The molecule has 0 spiro atoms. The molecule has 1 atom stereocenters. The Hall–Kier alpha value is -2.24. The minimum atomic E-state index is 0.0698. The van der Waals surface area contributed by atoms with Gasteiger partial charge in [0, 0.05) is 25.1 Å². The van der Waals surface area contributed by atoms with Gasteiger partial charge in [-0.15, -0.1) is 5.10 Å². The molecule has 0 N–H and O–H groups in total. The zero-order valence-corrected chi connectivity index (χ0v) is 12.1. The van der Waals surface area contributed by atoms with Crippen LogP contribution < -0.4 is 0 Å². The van der Waals surface area contributed by atoms with Crippen LogP contribution >= 0.6 is 0 Å². The van der Waals surface area contributed by atoms with Crippen LogP contribution in [0.3, 0.4) is 0 Å². The Morgan fingerprint density at radius 2 is 2.33 bits per heavy atom. The molecule has 110 valence electrons. The molecule has 6 nitrogen and oxygen atoms in total. The number of hydrogen-bond acceptors (Lipinski definition) is 4. The highest BCUT2D eigenvalue weighted by molar-refractivity contribution is 5.94. The lowest BCUT2D eigenvalue weighted by Gasteiger charge is -2.24. The lowest BCUT2D eigenvalue weighted by molar-refractivity contribution is 0.0720. The molecule has 1 aliphatic heterocycles. The molecule has 1 fully saturated rings. The molecular formula is C15H19N5O. The fraction of sp³-hybridized carbons (Fsp3) is 0.467. The lowest BCUT2D eigenvalue weighted by atomic mass is 10.1. The summed E-state index contributed by atoms with van der Waals surface area (Å²) >= 11 is 0. The van der Waals surface area contributed by atoms with Gasteiger partial charge in [0.05, 0.1) is 24.3 Å². The van der Waals surface area contributed by atoms with Gasteiger partial charge in [-0.2, -0.15) is 0 Å². The molecule has 0 saturated carbocycles. The van der Waals surface area contributed by atoms with E-state index in [4.69, 9.17) is 0 Å². The Labute approximate surface area is 123 Å². The van der Waals surface area contributed by atoms with Crippen molar-refractivity contribution in [2.45, 2.75) is 38.8 Å². The first-order chi connectivity index (χ1) is 10.3. The topological polar surface area (TPSA) is 63.9 Å². The monoisotopic (exact) mass is 285 g/mol. The van der Waals surface area contributed by atoms with Crippen molar-refractivity contribution in [3.05, 3.63) is 42.0 Å². The fourth-order valence-corrected chi connectivity index (χ4v) is 2.80. The summed E-state index contributed by atoms with van der Waals surface area (Å²) in [7, 11) is 0. The van der Waals surface area contributed by atoms with Crippen molar-refractivity contribution in [2.75, 3.05) is 6.54 Å². The van der Waals surface area contributed by atoms with Gasteiger partial charge in [-0.25, -0.2) is 0 Å². The van der Waals surface area contributed by atoms with E-state index in [1.165, 1.54) is 0 Å². The van der Waals surface area contributed by atoms with Crippen molar-refractivity contribution < 1.29 is 4.79 Å². The molecule has 3 heterocycles. The highest BCUT2D eigenvalue weighted by Gasteiger charge is 2.30. The van der Waals surface area contributed by atoms with Crippen LogP contribution in [0.25, 0.3) is 0 Å². The quantitative estimate of drug-likeness (QED) is 0.855. The van der Waals surface area contributed by atoms with E-state index in [0.717, 1.165) is 31.4 Å². The number of carbonyl (C=O) groups excluding carboxylic acids is 1. The van der Waals surface area contributed by atoms with Crippen LogP contribution in [0.15, 0.2) is 30.9 Å². The predicted molar refractivity (Wildman–Crippen MR) is 77.7 cm³/mol. The van der Waals surface area contributed by atoms with Crippen molar-refractivity contribution in [3.63, 3.8) is 0 Å². The van der Waals surface area contributed by atoms with E-state index in [9.17, 15) is 4.79 Å². The SMILES string of the molecule is CCc1cncc(C(=O)N2CCC[C@H]2Cn2ccnn2)c1. The molecule has 0 aromatic carbocycles. The molecule has 0 radical (unpaired) electrons. The van der Waals surface area contributed by atoms with Crippen LogP contribution in [0.4, 0.5) is 0 Å². The van der Waals surface area contributed by atoms with Gasteiger partial charge in [-0.3, -0.25) is 14.5 Å². The molecule has 0 bridgehead atoms. The van der Waals surface area contributed by atoms with Crippen molar-refractivity contribution >= 4 is 5.91 Å². The van der Waals surface area contributed by atoms with Gasteiger partial charge in [0.1, 0.15) is 0 Å². The predicted octanol–water partition coefficient (Wildman–Crippen LogP) is 1.54. The number of nitrogens with zero attached hydrogens (tertiary/aromatic N) is 5. The highest BCUT2D eigenvalue weighted by Crippen LogP contribution is 2.21. The fourth-order valence-electron chi connectivity index (χ4n) is 2.80. The number of aryl methyl sites for hydroxylation is 1. The number of carbonyl (C=O) groups is 1. The van der Waals surface area contributed by atoms with Gasteiger partial charge in [0.2, 0.25) is 0 Å². The number of hydrogen-bond donors (Lipinski definition) is 0. The molecule has 3 rings (SSSR count). The third kappa shape index (κ3) is 2.94. The zero-order valence-electron chi connectivity index (χ0n) is 12.1. The molecule has 1 amide bonds. The average molecular weight is 285 g/mol. The van der Waals surface area contributed by atoms with Crippen LogP contribution in [0, 0.1) is 0 Å². The second kappa shape index (κ2) is 6.03. The second-order valence-corrected chi connectivity index (χ2v) is 5.36. The first kappa shape index (κ1) is 13.7. The third-order valence-electron chi connectivity index (χ3n) is 3.96. The number of aromatic nitrogens is 4. The molecular weight excluding hydrogens is 266 g/mol. The maximum Gasteiger partial charge on any atom is 0.255 e. The van der Waals surface area contributed by atoms with E-state index < -0.39 is 0 Å². The molecule has 1 saturated heterocycles. The normalized spacial score (nSPS) is 18.1. The number of rotatable bonds is 4. The second-order valence-electron chi connectivity index (χ2n) is 5.36. The standard InChI is InChI=1S/C15H19N5O/c1-2-12-8-13(10-16-9-12)15(21)20-6-3-4-14(20)11-19-7-5-17-18-19/h5,7-10,14H,2-4,6,11H2,1H3/t14-/m0/s1. The van der Waals surface area contributed by atoms with Crippen LogP contribution in [-0.2, 0) is 13.0 Å². The number of amides is 1. The third-order valence-corrected chi connectivity index (χ3v) is 3.96. The van der Waals surface area contributed by atoms with Crippen molar-refractivity contribution in [3.8, 4) is 0 Å². The summed E-state index contributed by atoms with van der Waals surface area (Å²) in [6.07, 6.45) is 9.89. The summed E-state index contributed by atoms with van der Waals surface area (Å²) in [6, 6.07) is 2.13. The Morgan fingerprint density at radius 1 is 1.43 bits per heavy atom. The van der Waals surface area contributed by atoms with Gasteiger partial charge in [-0.05, 0) is 30.9 Å². The maximum absolute atomic E-state index is 12.7. The smallest absolute Gasteiger partial charge is 0.255 e. The van der Waals surface area contributed by atoms with Gasteiger partial charge < -0.3 is 4.90 Å². The first-order valence-electron chi connectivity index (χ1n) is 7.37. The van der Waals surface area contributed by atoms with Crippen LogP contribution in [0.1, 0.15) is 35.7 Å². The summed E-state index contributed by atoms with van der Waals surface area (Å²) in [5.74, 6) is 0.0698. The average Bonchev–Trinajstić information content (AvgIpc) is 3.19. The minimum absolute atomic E-state index is 0.0698. The van der Waals surface area contributed by atoms with E-state index in [2.05, 4.69) is 22.2 Å². The Bertz CT molecular complexity index is 610. The van der Waals surface area contributed by atoms with Crippen molar-refractivity contribution in [1.82, 2.24) is 24.9 Å². The van der Waals surface area contributed by atoms with Gasteiger partial charge >= 0.3 is 0 Å². The molecule has 1 aliphatic rings. The maximum atomic E-state index is 12.7. The van der Waals surface area contributed by atoms with Gasteiger partial charge in [-0.1, -0.05) is 12.1 Å². The molecule has 2 aromatic rings. The first-order valence-corrected chi connectivity index (χ1v) is 7.37. The Balaban J connectivity index is 1.76. The number of likely N-dealkylation sites (tertiary alicyclic amines) is 1. The Kier molecular flexibility index (Phi) is 3.94. The van der Waals surface area contributed by atoms with Crippen LogP contribution in [0.5, 0.6) is 0 Å². The summed E-state index contributed by atoms with van der Waals surface area (Å²) in [4.78, 5) is 18.8. The zero-order chi connectivity index (χ0) is 14.7. The van der Waals surface area contributed by atoms with Crippen molar-refractivity contribution in [2.24, 2.45) is 0 Å². The summed E-state index contributed by atoms with van der Waals surface area (Å²) in [5.41, 5.74) is 1.77.